The lowest BCUT2D eigenvalue weighted by Crippen LogP contribution is -2.54. The molecule has 4 aromatic rings. The van der Waals surface area contributed by atoms with E-state index < -0.39 is 47.8 Å². The van der Waals surface area contributed by atoms with Crippen molar-refractivity contribution in [1.29, 1.82) is 0 Å². The van der Waals surface area contributed by atoms with E-state index in [1.54, 1.807) is 30.3 Å². The van der Waals surface area contributed by atoms with Gasteiger partial charge in [-0.2, -0.15) is 0 Å². The zero-order valence-corrected chi connectivity index (χ0v) is 28.7. The van der Waals surface area contributed by atoms with Gasteiger partial charge in [0.15, 0.2) is 11.5 Å². The van der Waals surface area contributed by atoms with E-state index in [-0.39, 0.29) is 53.5 Å². The molecule has 3 unspecified atom stereocenters. The van der Waals surface area contributed by atoms with E-state index in [0.29, 0.717) is 47.1 Å². The van der Waals surface area contributed by atoms with E-state index in [2.05, 4.69) is 15.0 Å². The van der Waals surface area contributed by atoms with Crippen LogP contribution in [-0.4, -0.2) is 75.4 Å². The number of rotatable bonds is 11. The van der Waals surface area contributed by atoms with Gasteiger partial charge in [-0.3, -0.25) is 38.8 Å². The second kappa shape index (κ2) is 13.5. The number of nitrogens with two attached hydrogens (primary N) is 1. The third-order valence-corrected chi connectivity index (χ3v) is 10.1. The van der Waals surface area contributed by atoms with Crippen molar-refractivity contribution in [1.82, 2.24) is 14.8 Å². The van der Waals surface area contributed by atoms with Crippen molar-refractivity contribution in [3.05, 3.63) is 88.6 Å². The number of piperidine rings is 1. The number of likely N-dealkylation sites (tertiary alicyclic amines) is 1. The smallest absolute Gasteiger partial charge is 0.505 e. The van der Waals surface area contributed by atoms with Gasteiger partial charge in [-0.15, -0.1) is 8.78 Å². The molecule has 4 N–H and O–H groups in total. The zero-order valence-electron chi connectivity index (χ0n) is 28.7. The number of pyridine rings is 1. The first-order valence-corrected chi connectivity index (χ1v) is 17.1. The van der Waals surface area contributed by atoms with Crippen LogP contribution in [0.1, 0.15) is 75.4 Å². The summed E-state index contributed by atoms with van der Waals surface area (Å²) < 4.78 is 37.2. The summed E-state index contributed by atoms with van der Waals surface area (Å²) in [5.41, 5.74) is 8.47. The number of aromatic nitrogens is 1. The number of halogens is 2. The van der Waals surface area contributed by atoms with Crippen LogP contribution in [0.2, 0.25) is 0 Å². The van der Waals surface area contributed by atoms with Gasteiger partial charge in [-0.05, 0) is 67.6 Å². The average molecular weight is 728 g/mol. The molecule has 0 bridgehead atoms. The minimum absolute atomic E-state index is 0.0279. The lowest BCUT2D eigenvalue weighted by Gasteiger charge is -2.32. The number of benzene rings is 3. The highest BCUT2D eigenvalue weighted by Gasteiger charge is 2.47. The molecule has 3 atom stereocenters. The fraction of sp³-hybridized carbons (Fsp3) is 0.316. The summed E-state index contributed by atoms with van der Waals surface area (Å²) >= 11 is 0. The van der Waals surface area contributed by atoms with Crippen LogP contribution in [0.5, 0.6) is 17.2 Å². The van der Waals surface area contributed by atoms with E-state index in [1.165, 1.54) is 37.5 Å². The summed E-state index contributed by atoms with van der Waals surface area (Å²) in [5, 5.41) is 15.4. The number of phenolic OH excluding ortho intramolecular Hbond substituents is 1. The van der Waals surface area contributed by atoms with Crippen molar-refractivity contribution in [2.75, 3.05) is 18.9 Å². The van der Waals surface area contributed by atoms with Gasteiger partial charge in [0.2, 0.25) is 11.8 Å². The van der Waals surface area contributed by atoms with E-state index in [4.69, 9.17) is 10.5 Å². The number of primary amides is 1. The highest BCUT2D eigenvalue weighted by atomic mass is 19.3. The summed E-state index contributed by atoms with van der Waals surface area (Å²) in [6.45, 7) is 2.15. The summed E-state index contributed by atoms with van der Waals surface area (Å²) in [6, 6.07) is 13.2. The molecule has 1 fully saturated rings. The predicted molar refractivity (Wildman–Crippen MR) is 185 cm³/mol. The number of imide groups is 2. The Labute approximate surface area is 301 Å². The van der Waals surface area contributed by atoms with Crippen LogP contribution in [-0.2, 0) is 14.4 Å². The maximum atomic E-state index is 14.0. The molecular weight excluding hydrogens is 692 g/mol. The van der Waals surface area contributed by atoms with Crippen molar-refractivity contribution < 1.29 is 47.3 Å². The minimum Gasteiger partial charge on any atom is -0.505 e. The molecule has 274 valence electrons. The lowest BCUT2D eigenvalue weighted by atomic mass is 9.76. The van der Waals surface area contributed by atoms with Gasteiger partial charge < -0.3 is 25.6 Å². The lowest BCUT2D eigenvalue weighted by molar-refractivity contribution is -0.286. The molecule has 3 aliphatic rings. The number of anilines is 1. The quantitative estimate of drug-likeness (QED) is 0.143. The first kappa shape index (κ1) is 35.3. The first-order chi connectivity index (χ1) is 25.3. The number of aryl methyl sites for hydroxylation is 1. The second-order valence-electron chi connectivity index (χ2n) is 13.4. The number of nitrogens with zero attached hydrogens (tertiary/aromatic N) is 3. The van der Waals surface area contributed by atoms with Crippen LogP contribution >= 0.6 is 0 Å². The molecule has 1 saturated heterocycles. The van der Waals surface area contributed by atoms with Gasteiger partial charge >= 0.3 is 6.29 Å². The number of fused-ring (bicyclic) bond motifs is 3. The van der Waals surface area contributed by atoms with E-state index in [0.717, 1.165) is 15.4 Å². The Morgan fingerprint density at radius 3 is 2.60 bits per heavy atom. The number of unbranched alkanes of at least 4 members (excludes halogenated alkanes) is 1. The van der Waals surface area contributed by atoms with Crippen molar-refractivity contribution >= 4 is 46.1 Å². The van der Waals surface area contributed by atoms with Crippen molar-refractivity contribution in [3.63, 3.8) is 0 Å². The van der Waals surface area contributed by atoms with Gasteiger partial charge in [0.1, 0.15) is 17.3 Å². The van der Waals surface area contributed by atoms with Crippen molar-refractivity contribution in [2.24, 2.45) is 11.7 Å². The van der Waals surface area contributed by atoms with Gasteiger partial charge in [0.25, 0.3) is 17.7 Å². The molecule has 0 spiro atoms. The first-order valence-electron chi connectivity index (χ1n) is 17.1. The topological polar surface area (TPSA) is 181 Å². The monoisotopic (exact) mass is 727 g/mol. The number of carbonyl (C=O) groups is 5. The largest absolute Gasteiger partial charge is 0.586 e. The number of nitrogens with one attached hydrogen (secondary N) is 1. The van der Waals surface area contributed by atoms with Crippen LogP contribution < -0.4 is 20.5 Å². The molecule has 0 saturated carbocycles. The molecular formula is C38H35F2N5O8. The summed E-state index contributed by atoms with van der Waals surface area (Å²) in [5.74, 6) is -5.31. The Kier molecular flexibility index (Phi) is 8.96. The SMILES string of the molecule is Cc1cc(C(c2ccc3c(c2)OC(F)(F)O3)C(CCCCNc2cccc3c2C(=O)N(C2CCC(=O)N(C)C2=O)C3=O)C(N)=O)c(O)c2ncccc12. The number of carbonyl (C=O) groups excluding carboxylic acids is 5. The zero-order chi connectivity index (χ0) is 37.8. The Morgan fingerprint density at radius 1 is 1.06 bits per heavy atom. The Balaban J connectivity index is 1.11. The standard InChI is InChI=1S/C38H35F2N5O8/c1-19-17-24(33(47)32-21(19)9-6-16-43-32)30(20-11-13-27-28(18-20)53-38(39,40)52-27)22(34(41)48)7-3-4-15-42-25-10-5-8-23-31(25)37(51)45(35(23)49)26-12-14-29(46)44(2)36(26)50/h5-6,8-11,13,16-18,22,26,30,42,47H,3-4,7,12,14-15H2,1-2H3,(H2,41,48). The summed E-state index contributed by atoms with van der Waals surface area (Å²) in [7, 11) is 1.33. The van der Waals surface area contributed by atoms with Crippen LogP contribution in [0.25, 0.3) is 10.9 Å². The molecule has 0 radical (unpaired) electrons. The third-order valence-electron chi connectivity index (χ3n) is 10.1. The fourth-order valence-corrected chi connectivity index (χ4v) is 7.51. The molecule has 0 aliphatic carbocycles. The van der Waals surface area contributed by atoms with Crippen molar-refractivity contribution in [2.45, 2.75) is 57.3 Å². The molecule has 7 rings (SSSR count). The number of hydrogen-bond acceptors (Lipinski definition) is 10. The Bertz CT molecular complexity index is 2210. The Hall–Kier alpha value is -6.12. The van der Waals surface area contributed by atoms with Crippen LogP contribution in [0, 0.1) is 12.8 Å². The third kappa shape index (κ3) is 6.25. The number of likely N-dealkylation sites (N-methyl/N-ethyl adjacent to an activating group) is 1. The number of phenols is 1. The van der Waals surface area contributed by atoms with Gasteiger partial charge in [0.05, 0.1) is 11.1 Å². The second-order valence-corrected chi connectivity index (χ2v) is 13.4. The van der Waals surface area contributed by atoms with E-state index in [9.17, 15) is 37.9 Å². The Morgan fingerprint density at radius 2 is 1.83 bits per heavy atom. The normalized spacial score (nSPS) is 18.8. The highest BCUT2D eigenvalue weighted by Crippen LogP contribution is 2.47. The van der Waals surface area contributed by atoms with E-state index in [1.807, 2.05) is 6.92 Å². The maximum absolute atomic E-state index is 14.0. The molecule has 1 aromatic heterocycles. The van der Waals surface area contributed by atoms with Crippen LogP contribution in [0.15, 0.2) is 60.8 Å². The minimum atomic E-state index is -3.86. The number of ether oxygens (including phenoxy) is 2. The van der Waals surface area contributed by atoms with E-state index >= 15 is 0 Å². The molecule has 4 heterocycles. The molecule has 15 heteroatoms. The van der Waals surface area contributed by atoms with Gasteiger partial charge in [-0.1, -0.05) is 30.7 Å². The maximum Gasteiger partial charge on any atom is 0.586 e. The van der Waals surface area contributed by atoms with Crippen molar-refractivity contribution in [3.8, 4) is 17.2 Å². The van der Waals surface area contributed by atoms with Crippen LogP contribution in [0.4, 0.5) is 14.5 Å². The van der Waals surface area contributed by atoms with Gasteiger partial charge in [0, 0.05) is 54.7 Å². The average Bonchev–Trinajstić information content (AvgIpc) is 3.58. The summed E-state index contributed by atoms with van der Waals surface area (Å²) in [6.07, 6.45) is -1.14. The number of hydrogen-bond donors (Lipinski definition) is 3. The molecule has 13 nitrogen and oxygen atoms in total. The van der Waals surface area contributed by atoms with Crippen LogP contribution in [0.3, 0.4) is 0 Å². The molecule has 53 heavy (non-hydrogen) atoms. The molecule has 5 amide bonds. The predicted octanol–water partition coefficient (Wildman–Crippen LogP) is 4.83. The number of alkyl halides is 2. The molecule has 3 aromatic carbocycles. The highest BCUT2D eigenvalue weighted by molar-refractivity contribution is 6.25. The van der Waals surface area contributed by atoms with Gasteiger partial charge in [-0.25, -0.2) is 0 Å². The fourth-order valence-electron chi connectivity index (χ4n) is 7.51. The number of amides is 5. The molecule has 3 aliphatic heterocycles. The number of aromatic hydroxyl groups is 1. The summed E-state index contributed by atoms with van der Waals surface area (Å²) in [4.78, 5) is 71.2.